The number of aliphatic hydroxyl groups is 3. The molecule has 8 nitrogen and oxygen atoms in total. The smallest absolute Gasteiger partial charge is 0.322 e. The molecule has 1 unspecified atom stereocenters. The van der Waals surface area contributed by atoms with Gasteiger partial charge in [0.05, 0.1) is 24.2 Å². The summed E-state index contributed by atoms with van der Waals surface area (Å²) in [6.07, 6.45) is 6.38. The number of rotatable bonds is 2. The van der Waals surface area contributed by atoms with Gasteiger partial charge in [0.15, 0.2) is 5.78 Å². The summed E-state index contributed by atoms with van der Waals surface area (Å²) >= 11 is 0. The van der Waals surface area contributed by atoms with E-state index in [0.29, 0.717) is 12.0 Å². The van der Waals surface area contributed by atoms with Crippen molar-refractivity contribution in [1.29, 1.82) is 0 Å². The lowest BCUT2D eigenvalue weighted by Gasteiger charge is -2.42. The van der Waals surface area contributed by atoms with E-state index in [-0.39, 0.29) is 6.42 Å². The Morgan fingerprint density at radius 3 is 2.39 bits per heavy atom. The Morgan fingerprint density at radius 2 is 1.76 bits per heavy atom. The Bertz CT molecular complexity index is 885. The first-order chi connectivity index (χ1) is 15.4. The summed E-state index contributed by atoms with van der Waals surface area (Å²) in [5, 5.41) is 32.9. The van der Waals surface area contributed by atoms with Crippen molar-refractivity contribution in [2.24, 2.45) is 11.3 Å². The molecule has 0 aromatic heterocycles. The molecule has 1 fully saturated rings. The Morgan fingerprint density at radius 1 is 1.15 bits per heavy atom. The van der Waals surface area contributed by atoms with E-state index in [9.17, 15) is 29.7 Å². The topological polar surface area (TPSA) is 133 Å². The van der Waals surface area contributed by atoms with Gasteiger partial charge in [0, 0.05) is 6.42 Å². The second-order valence-corrected chi connectivity index (χ2v) is 9.14. The number of amides is 1. The van der Waals surface area contributed by atoms with Gasteiger partial charge in [-0.2, -0.15) is 0 Å². The number of carbonyl (C=O) groups excluding carboxylic acids is 3. The lowest BCUT2D eigenvalue weighted by molar-refractivity contribution is -0.181. The minimum atomic E-state index is -1.74. The zero-order valence-electron chi connectivity index (χ0n) is 19.8. The van der Waals surface area contributed by atoms with Crippen molar-refractivity contribution < 1.29 is 34.4 Å². The van der Waals surface area contributed by atoms with Gasteiger partial charge in [-0.15, -0.1) is 0 Å². The molecule has 2 bridgehead atoms. The van der Waals surface area contributed by atoms with Crippen LogP contribution in [-0.2, 0) is 19.1 Å². The van der Waals surface area contributed by atoms with Crippen LogP contribution < -0.4 is 5.32 Å². The molecule has 8 heteroatoms. The van der Waals surface area contributed by atoms with Crippen LogP contribution >= 0.6 is 0 Å². The molecule has 2 aliphatic heterocycles. The quantitative estimate of drug-likeness (QED) is 0.362. The molecule has 33 heavy (non-hydrogen) atoms. The monoisotopic (exact) mass is 461 g/mol. The van der Waals surface area contributed by atoms with Gasteiger partial charge < -0.3 is 25.4 Å². The minimum absolute atomic E-state index is 0.0439. The van der Waals surface area contributed by atoms with E-state index in [0.717, 1.165) is 5.57 Å². The summed E-state index contributed by atoms with van der Waals surface area (Å²) in [6, 6.07) is -1.09. The molecule has 3 aliphatic rings. The molecule has 0 aromatic carbocycles. The molecule has 1 amide bonds. The standard InChI is InChI=1S/C25H35NO7/c1-14-6-9-18(28)10-8-15(2)12-21(26-23(31)17(4)27)25(5)22(30)16(3)20(33-24(25)32)13-19(29)11-7-14/h6-8,10-12,16-21,27-29H,9,13H2,1-5H3,(H,26,31)/b10-8?,11-7+,14-6-,15-12?/t16-,17-,18+,19-,20-,21?,25+/m1/s1. The molecular formula is C25H35NO7. The van der Waals surface area contributed by atoms with Gasteiger partial charge in [-0.25, -0.2) is 0 Å². The molecule has 1 saturated heterocycles. The summed E-state index contributed by atoms with van der Waals surface area (Å²) in [5.74, 6) is -2.70. The van der Waals surface area contributed by atoms with Gasteiger partial charge in [-0.1, -0.05) is 54.5 Å². The minimum Gasteiger partial charge on any atom is -0.461 e. The number of aliphatic hydroxyl groups excluding tert-OH is 3. The number of ketones is 1. The molecule has 3 rings (SSSR count). The molecule has 4 N–H and O–H groups in total. The predicted molar refractivity (Wildman–Crippen MR) is 123 cm³/mol. The lowest BCUT2D eigenvalue weighted by Crippen LogP contribution is -2.61. The molecule has 1 aliphatic carbocycles. The maximum absolute atomic E-state index is 13.5. The number of carbonyl (C=O) groups is 3. The maximum Gasteiger partial charge on any atom is 0.322 e. The van der Waals surface area contributed by atoms with E-state index in [2.05, 4.69) is 5.32 Å². The maximum atomic E-state index is 13.5. The van der Waals surface area contributed by atoms with Crippen molar-refractivity contribution in [3.63, 3.8) is 0 Å². The van der Waals surface area contributed by atoms with E-state index in [1.54, 1.807) is 44.2 Å². The van der Waals surface area contributed by atoms with Crippen LogP contribution in [0, 0.1) is 11.3 Å². The zero-order chi connectivity index (χ0) is 24.9. The van der Waals surface area contributed by atoms with Crippen LogP contribution in [0.2, 0.25) is 0 Å². The number of ether oxygens (including phenoxy) is 1. The number of allylic oxidation sites excluding steroid dienone is 4. The number of hydrogen-bond acceptors (Lipinski definition) is 7. The van der Waals surface area contributed by atoms with E-state index >= 15 is 0 Å². The van der Waals surface area contributed by atoms with Crippen molar-refractivity contribution in [1.82, 2.24) is 5.32 Å². The third-order valence-electron chi connectivity index (χ3n) is 6.21. The van der Waals surface area contributed by atoms with Crippen molar-refractivity contribution in [3.8, 4) is 0 Å². The van der Waals surface area contributed by atoms with Crippen molar-refractivity contribution in [3.05, 3.63) is 47.6 Å². The first-order valence-electron chi connectivity index (χ1n) is 11.2. The lowest BCUT2D eigenvalue weighted by atomic mass is 9.69. The highest BCUT2D eigenvalue weighted by molar-refractivity contribution is 6.08. The fourth-order valence-electron chi connectivity index (χ4n) is 3.88. The van der Waals surface area contributed by atoms with Gasteiger partial charge in [0.25, 0.3) is 0 Å². The van der Waals surface area contributed by atoms with Gasteiger partial charge in [0.2, 0.25) is 5.91 Å². The SMILES string of the molecule is CC1=CC(NC(=O)[C@@H](C)O)[C@]2(C)C(=O)O[C@H](C[C@H](O)/C=C/C(C)=C\C[C@H](O)C=C1)[C@@H](C)C2=O. The van der Waals surface area contributed by atoms with E-state index in [1.165, 1.54) is 13.8 Å². The van der Waals surface area contributed by atoms with Crippen LogP contribution in [0.4, 0.5) is 0 Å². The molecule has 2 heterocycles. The molecule has 0 aromatic rings. The van der Waals surface area contributed by atoms with Crippen molar-refractivity contribution in [2.75, 3.05) is 0 Å². The Labute approximate surface area is 194 Å². The van der Waals surface area contributed by atoms with E-state index in [4.69, 9.17) is 4.74 Å². The predicted octanol–water partition coefficient (Wildman–Crippen LogP) is 1.51. The highest BCUT2D eigenvalue weighted by Crippen LogP contribution is 2.38. The molecule has 0 spiro atoms. The number of fused-ring (bicyclic) bond motifs is 10. The van der Waals surface area contributed by atoms with Crippen LogP contribution in [0.25, 0.3) is 0 Å². The summed E-state index contributed by atoms with van der Waals surface area (Å²) < 4.78 is 5.61. The van der Waals surface area contributed by atoms with Crippen LogP contribution in [-0.4, -0.2) is 63.4 Å². The fourth-order valence-corrected chi connectivity index (χ4v) is 3.88. The van der Waals surface area contributed by atoms with Crippen molar-refractivity contribution in [2.45, 2.75) is 77.9 Å². The second-order valence-electron chi connectivity index (χ2n) is 9.14. The van der Waals surface area contributed by atoms with Gasteiger partial charge in [-0.3, -0.25) is 14.4 Å². The van der Waals surface area contributed by atoms with Crippen LogP contribution in [0.15, 0.2) is 47.6 Å². The number of esters is 1. The third-order valence-corrected chi connectivity index (χ3v) is 6.21. The normalized spacial score (nSPS) is 37.3. The first-order valence-corrected chi connectivity index (χ1v) is 11.2. The molecule has 0 saturated carbocycles. The molecule has 0 radical (unpaired) electrons. The molecule has 7 atom stereocenters. The summed E-state index contributed by atoms with van der Waals surface area (Å²) in [6.45, 7) is 7.89. The first kappa shape index (κ1) is 26.7. The zero-order valence-corrected chi connectivity index (χ0v) is 19.8. The number of hydrogen-bond donors (Lipinski definition) is 4. The third kappa shape index (κ3) is 6.50. The average molecular weight is 462 g/mol. The van der Waals surface area contributed by atoms with Crippen LogP contribution in [0.5, 0.6) is 0 Å². The van der Waals surface area contributed by atoms with E-state index < -0.39 is 59.5 Å². The highest BCUT2D eigenvalue weighted by atomic mass is 16.5. The average Bonchev–Trinajstić information content (AvgIpc) is 2.75. The largest absolute Gasteiger partial charge is 0.461 e. The Kier molecular flexibility index (Phi) is 8.94. The number of Topliss-reactive ketones (excluding diaryl/α,β-unsaturated/α-hetero) is 1. The van der Waals surface area contributed by atoms with E-state index in [1.807, 2.05) is 13.0 Å². The van der Waals surface area contributed by atoms with Crippen LogP contribution in [0.1, 0.15) is 47.5 Å². The van der Waals surface area contributed by atoms with Gasteiger partial charge in [0.1, 0.15) is 17.6 Å². The summed E-state index contributed by atoms with van der Waals surface area (Å²) in [5.41, 5.74) is -0.292. The Balaban J connectivity index is 2.56. The van der Waals surface area contributed by atoms with Gasteiger partial charge in [-0.05, 0) is 34.1 Å². The molecule has 182 valence electrons. The summed E-state index contributed by atoms with van der Waals surface area (Å²) in [4.78, 5) is 38.9. The Hall–Kier alpha value is -2.55. The second kappa shape index (κ2) is 11.0. The van der Waals surface area contributed by atoms with Gasteiger partial charge >= 0.3 is 5.97 Å². The number of nitrogens with one attached hydrogen (secondary N) is 1. The van der Waals surface area contributed by atoms with Crippen LogP contribution in [0.3, 0.4) is 0 Å². The molecular weight excluding hydrogens is 426 g/mol. The summed E-state index contributed by atoms with van der Waals surface area (Å²) in [7, 11) is 0. The fraction of sp³-hybridized carbons (Fsp3) is 0.560. The van der Waals surface area contributed by atoms with Crippen molar-refractivity contribution >= 4 is 17.7 Å². The highest BCUT2D eigenvalue weighted by Gasteiger charge is 2.56.